The molecule has 0 bridgehead atoms. The van der Waals surface area contributed by atoms with Crippen LogP contribution in [0.4, 0.5) is 0 Å². The third kappa shape index (κ3) is 4.41. The van der Waals surface area contributed by atoms with Gasteiger partial charge in [0.05, 0.1) is 5.84 Å². The van der Waals surface area contributed by atoms with E-state index in [0.717, 1.165) is 18.6 Å². The van der Waals surface area contributed by atoms with Gasteiger partial charge in [0.25, 0.3) is 0 Å². The van der Waals surface area contributed by atoms with Crippen molar-refractivity contribution in [2.45, 2.75) is 12.8 Å². The van der Waals surface area contributed by atoms with Crippen LogP contribution in [0.2, 0.25) is 0 Å². The SMILES string of the molecule is NC(CCCS)=NP. The standard InChI is InChI=1S/C4H11N2PS/c5-4(6-7)2-1-3-8/h8H,1-3,7H2,(H2,5,6). The molecule has 0 saturated carbocycles. The Morgan fingerprint density at radius 2 is 2.38 bits per heavy atom. The molecule has 48 valence electrons. The lowest BCUT2D eigenvalue weighted by molar-refractivity contribution is 1.00. The van der Waals surface area contributed by atoms with Gasteiger partial charge in [-0.15, -0.1) is 0 Å². The molecule has 0 aromatic rings. The van der Waals surface area contributed by atoms with Crippen LogP contribution in [-0.2, 0) is 0 Å². The zero-order valence-corrected chi connectivity index (χ0v) is 6.72. The van der Waals surface area contributed by atoms with Gasteiger partial charge in [0.15, 0.2) is 0 Å². The fraction of sp³-hybridized carbons (Fsp3) is 0.750. The molecule has 0 aromatic heterocycles. The van der Waals surface area contributed by atoms with Gasteiger partial charge in [-0.2, -0.15) is 12.6 Å². The first-order valence-corrected chi connectivity index (χ1v) is 3.59. The molecule has 0 heterocycles. The molecular formula is C4H11N2PS. The fourth-order valence-electron chi connectivity index (χ4n) is 0.325. The minimum absolute atomic E-state index is 0.684. The van der Waals surface area contributed by atoms with Gasteiger partial charge in [-0.05, 0) is 21.6 Å². The van der Waals surface area contributed by atoms with E-state index in [0.29, 0.717) is 5.84 Å². The largest absolute Gasteiger partial charge is 0.387 e. The zero-order chi connectivity index (χ0) is 6.41. The maximum Gasteiger partial charge on any atom is 0.0972 e. The maximum atomic E-state index is 5.35. The van der Waals surface area contributed by atoms with E-state index in [4.69, 9.17) is 5.73 Å². The number of thiol groups is 1. The third-order valence-electron chi connectivity index (χ3n) is 0.757. The van der Waals surface area contributed by atoms with Gasteiger partial charge in [-0.1, -0.05) is 0 Å². The van der Waals surface area contributed by atoms with E-state index in [1.165, 1.54) is 0 Å². The van der Waals surface area contributed by atoms with E-state index in [1.807, 2.05) is 0 Å². The summed E-state index contributed by atoms with van der Waals surface area (Å²) in [4.78, 5) is 0. The minimum atomic E-state index is 0.684. The molecule has 8 heavy (non-hydrogen) atoms. The van der Waals surface area contributed by atoms with Crippen LogP contribution in [0.1, 0.15) is 12.8 Å². The molecule has 1 unspecified atom stereocenters. The number of nitrogens with zero attached hydrogens (tertiary/aromatic N) is 1. The summed E-state index contributed by atoms with van der Waals surface area (Å²) in [6, 6.07) is 0. The second-order valence-electron chi connectivity index (χ2n) is 1.45. The molecule has 4 heteroatoms. The third-order valence-corrected chi connectivity index (χ3v) is 1.40. The first-order valence-electron chi connectivity index (χ1n) is 2.44. The van der Waals surface area contributed by atoms with Crippen LogP contribution in [0.25, 0.3) is 0 Å². The summed E-state index contributed by atoms with van der Waals surface area (Å²) in [5, 5.41) is 0. The first kappa shape index (κ1) is 8.25. The highest BCUT2D eigenvalue weighted by Crippen LogP contribution is 1.93. The van der Waals surface area contributed by atoms with Gasteiger partial charge in [-0.25, -0.2) is 0 Å². The summed E-state index contributed by atoms with van der Waals surface area (Å²) in [7, 11) is 2.23. The lowest BCUT2D eigenvalue weighted by atomic mass is 10.3. The van der Waals surface area contributed by atoms with Crippen LogP contribution < -0.4 is 5.73 Å². The number of hydrogen-bond donors (Lipinski definition) is 2. The summed E-state index contributed by atoms with van der Waals surface area (Å²) in [5.74, 6) is 1.56. The molecule has 2 N–H and O–H groups in total. The first-order chi connectivity index (χ1) is 3.81. The Balaban J connectivity index is 3.12. The molecule has 0 rings (SSSR count). The van der Waals surface area contributed by atoms with Gasteiger partial charge in [-0.3, -0.25) is 4.76 Å². The smallest absolute Gasteiger partial charge is 0.0972 e. The number of hydrogen-bond acceptors (Lipinski definition) is 2. The molecule has 1 atom stereocenters. The Hall–Kier alpha value is 0.250. The predicted octanol–water partition coefficient (Wildman–Crippen LogP) is 0.844. The Kier molecular flexibility index (Phi) is 5.56. The van der Waals surface area contributed by atoms with E-state index in [2.05, 4.69) is 26.8 Å². The Morgan fingerprint density at radius 1 is 1.75 bits per heavy atom. The van der Waals surface area contributed by atoms with Crippen molar-refractivity contribution in [3.05, 3.63) is 0 Å². The quantitative estimate of drug-likeness (QED) is 0.266. The molecule has 0 saturated heterocycles. The molecule has 0 radical (unpaired) electrons. The normalized spacial score (nSPS) is 12.0. The summed E-state index contributed by atoms with van der Waals surface area (Å²) < 4.78 is 3.70. The zero-order valence-electron chi connectivity index (χ0n) is 4.67. The van der Waals surface area contributed by atoms with E-state index >= 15 is 0 Å². The van der Waals surface area contributed by atoms with E-state index in [9.17, 15) is 0 Å². The highest BCUT2D eigenvalue weighted by atomic mass is 32.1. The maximum absolute atomic E-state index is 5.35. The average Bonchev–Trinajstić information content (AvgIpc) is 1.83. The van der Waals surface area contributed by atoms with E-state index in [1.54, 1.807) is 0 Å². The Morgan fingerprint density at radius 3 is 2.75 bits per heavy atom. The molecule has 0 fully saturated rings. The molecule has 0 aliphatic rings. The number of amidine groups is 1. The number of rotatable bonds is 3. The lowest BCUT2D eigenvalue weighted by Crippen LogP contribution is -2.09. The van der Waals surface area contributed by atoms with Crippen LogP contribution >= 0.6 is 22.0 Å². The molecule has 0 amide bonds. The minimum Gasteiger partial charge on any atom is -0.387 e. The molecule has 0 spiro atoms. The van der Waals surface area contributed by atoms with Crippen molar-refractivity contribution < 1.29 is 0 Å². The van der Waals surface area contributed by atoms with Crippen LogP contribution in [0.5, 0.6) is 0 Å². The van der Waals surface area contributed by atoms with Gasteiger partial charge >= 0.3 is 0 Å². The Labute approximate surface area is 57.6 Å². The second kappa shape index (κ2) is 5.39. The molecule has 2 nitrogen and oxygen atoms in total. The van der Waals surface area contributed by atoms with Gasteiger partial charge in [0.1, 0.15) is 0 Å². The average molecular weight is 150 g/mol. The van der Waals surface area contributed by atoms with Gasteiger partial charge in [0, 0.05) is 6.42 Å². The fourth-order valence-corrected chi connectivity index (χ4v) is 0.612. The van der Waals surface area contributed by atoms with E-state index in [-0.39, 0.29) is 0 Å². The van der Waals surface area contributed by atoms with Crippen molar-refractivity contribution in [1.29, 1.82) is 0 Å². The summed E-state index contributed by atoms with van der Waals surface area (Å²) in [5.41, 5.74) is 5.35. The second-order valence-corrected chi connectivity index (χ2v) is 2.15. The van der Waals surface area contributed by atoms with Crippen molar-refractivity contribution in [2.75, 3.05) is 5.75 Å². The topological polar surface area (TPSA) is 38.4 Å². The number of nitrogens with two attached hydrogens (primary N) is 1. The van der Waals surface area contributed by atoms with Crippen molar-refractivity contribution in [3.8, 4) is 0 Å². The van der Waals surface area contributed by atoms with Crippen molar-refractivity contribution >= 4 is 27.9 Å². The molecular weight excluding hydrogens is 139 g/mol. The van der Waals surface area contributed by atoms with Crippen LogP contribution in [0.15, 0.2) is 4.76 Å². The molecule has 0 aromatic carbocycles. The molecule has 0 aliphatic carbocycles. The molecule has 0 aliphatic heterocycles. The highest BCUT2D eigenvalue weighted by molar-refractivity contribution is 7.80. The summed E-state index contributed by atoms with van der Waals surface area (Å²) >= 11 is 4.02. The highest BCUT2D eigenvalue weighted by Gasteiger charge is 1.86. The van der Waals surface area contributed by atoms with Crippen LogP contribution in [0, 0.1) is 0 Å². The van der Waals surface area contributed by atoms with Gasteiger partial charge < -0.3 is 5.73 Å². The van der Waals surface area contributed by atoms with Gasteiger partial charge in [0.2, 0.25) is 0 Å². The predicted molar refractivity (Wildman–Crippen MR) is 44.4 cm³/mol. The lowest BCUT2D eigenvalue weighted by Gasteiger charge is -1.93. The van der Waals surface area contributed by atoms with Crippen LogP contribution in [-0.4, -0.2) is 11.6 Å². The summed E-state index contributed by atoms with van der Waals surface area (Å²) in [6.07, 6.45) is 1.86. The van der Waals surface area contributed by atoms with Crippen LogP contribution in [0.3, 0.4) is 0 Å². The van der Waals surface area contributed by atoms with Crippen molar-refractivity contribution in [1.82, 2.24) is 0 Å². The Bertz CT molecular complexity index is 84.1. The monoisotopic (exact) mass is 150 g/mol. The van der Waals surface area contributed by atoms with Crippen molar-refractivity contribution in [2.24, 2.45) is 10.5 Å². The van der Waals surface area contributed by atoms with E-state index < -0.39 is 0 Å². The summed E-state index contributed by atoms with van der Waals surface area (Å²) in [6.45, 7) is 0. The van der Waals surface area contributed by atoms with Crippen molar-refractivity contribution in [3.63, 3.8) is 0 Å².